The Labute approximate surface area is 114 Å². The third-order valence-corrected chi connectivity index (χ3v) is 3.70. The molecule has 0 amide bonds. The van der Waals surface area contributed by atoms with E-state index in [-0.39, 0.29) is 11.2 Å². The minimum atomic E-state index is -0.819. The lowest BCUT2D eigenvalue weighted by atomic mass is 9.76. The molecule has 1 heterocycles. The van der Waals surface area contributed by atoms with Gasteiger partial charge in [-0.3, -0.25) is 4.79 Å². The van der Waals surface area contributed by atoms with Crippen molar-refractivity contribution in [3.8, 4) is 0 Å². The quantitative estimate of drug-likeness (QED) is 0.850. The van der Waals surface area contributed by atoms with Crippen LogP contribution < -0.4 is 0 Å². The van der Waals surface area contributed by atoms with Gasteiger partial charge in [0, 0.05) is 30.0 Å². The van der Waals surface area contributed by atoms with Crippen LogP contribution in [0.15, 0.2) is 6.07 Å². The van der Waals surface area contributed by atoms with Gasteiger partial charge in [0.05, 0.1) is 6.54 Å². The summed E-state index contributed by atoms with van der Waals surface area (Å²) >= 11 is 0. The first kappa shape index (κ1) is 14.3. The van der Waals surface area contributed by atoms with E-state index in [1.165, 1.54) is 0 Å². The fourth-order valence-electron chi connectivity index (χ4n) is 2.86. The Balaban J connectivity index is 2.33. The van der Waals surface area contributed by atoms with Gasteiger partial charge in [-0.05, 0) is 31.7 Å². The molecule has 0 fully saturated rings. The van der Waals surface area contributed by atoms with Crippen LogP contribution in [0.1, 0.15) is 48.9 Å². The van der Waals surface area contributed by atoms with Gasteiger partial charge in [-0.15, -0.1) is 0 Å². The van der Waals surface area contributed by atoms with Crippen molar-refractivity contribution in [2.24, 2.45) is 5.41 Å². The van der Waals surface area contributed by atoms with Crippen molar-refractivity contribution < 1.29 is 14.6 Å². The summed E-state index contributed by atoms with van der Waals surface area (Å²) < 4.78 is 7.21. The average Bonchev–Trinajstić information content (AvgIpc) is 2.56. The van der Waals surface area contributed by atoms with Crippen LogP contribution in [0.5, 0.6) is 0 Å². The van der Waals surface area contributed by atoms with Gasteiger partial charge in [0.15, 0.2) is 12.1 Å². The number of nitrogens with zero attached hydrogens (tertiary/aromatic N) is 1. The highest BCUT2D eigenvalue weighted by Gasteiger charge is 2.34. The number of ether oxygens (including phenoxy) is 1. The highest BCUT2D eigenvalue weighted by Crippen LogP contribution is 2.36. The number of fused-ring (bicyclic) bond motifs is 1. The first-order chi connectivity index (χ1) is 8.84. The van der Waals surface area contributed by atoms with Crippen LogP contribution in [0, 0.1) is 12.3 Å². The molecule has 1 unspecified atom stereocenters. The van der Waals surface area contributed by atoms with E-state index in [9.17, 15) is 9.90 Å². The molecule has 106 valence electrons. The van der Waals surface area contributed by atoms with E-state index in [4.69, 9.17) is 4.74 Å². The summed E-state index contributed by atoms with van der Waals surface area (Å²) in [5, 5.41) is 9.82. The van der Waals surface area contributed by atoms with Crippen molar-refractivity contribution >= 4 is 5.78 Å². The van der Waals surface area contributed by atoms with E-state index in [1.54, 1.807) is 0 Å². The minimum Gasteiger partial charge on any atom is -0.366 e. The summed E-state index contributed by atoms with van der Waals surface area (Å²) in [4.78, 5) is 12.2. The number of ketones is 1. The van der Waals surface area contributed by atoms with E-state index in [2.05, 4.69) is 13.8 Å². The lowest BCUT2D eigenvalue weighted by molar-refractivity contribution is -0.104. The van der Waals surface area contributed by atoms with E-state index in [0.29, 0.717) is 19.6 Å². The van der Waals surface area contributed by atoms with Crippen molar-refractivity contribution in [1.82, 2.24) is 4.57 Å². The Morgan fingerprint density at radius 3 is 2.79 bits per heavy atom. The Bertz CT molecular complexity index is 488. The normalized spacial score (nSPS) is 19.3. The molecular formula is C15H23NO3. The summed E-state index contributed by atoms with van der Waals surface area (Å²) in [5.41, 5.74) is 2.86. The average molecular weight is 265 g/mol. The highest BCUT2D eigenvalue weighted by atomic mass is 16.6. The third kappa shape index (κ3) is 2.90. The zero-order valence-corrected chi connectivity index (χ0v) is 12.2. The lowest BCUT2D eigenvalue weighted by Gasteiger charge is -2.30. The summed E-state index contributed by atoms with van der Waals surface area (Å²) in [5.74, 6) is 0.207. The van der Waals surface area contributed by atoms with Crippen LogP contribution in [0.2, 0.25) is 0 Å². The molecule has 0 saturated carbocycles. The molecule has 1 aliphatic carbocycles. The fraction of sp³-hybridized carbons (Fsp3) is 0.667. The number of rotatable bonds is 4. The second-order valence-electron chi connectivity index (χ2n) is 6.11. The molecule has 0 aliphatic heterocycles. The molecule has 4 heteroatoms. The molecule has 0 radical (unpaired) electrons. The number of aliphatic hydroxyl groups excluding tert-OH is 1. The number of carbonyl (C=O) groups excluding carboxylic acids is 1. The van der Waals surface area contributed by atoms with Gasteiger partial charge in [0.1, 0.15) is 0 Å². The summed E-state index contributed by atoms with van der Waals surface area (Å²) in [7, 11) is 0. The zero-order chi connectivity index (χ0) is 14.2. The second kappa shape index (κ2) is 5.10. The number of aromatic nitrogens is 1. The molecule has 1 N–H and O–H groups in total. The molecule has 2 rings (SSSR count). The van der Waals surface area contributed by atoms with Crippen molar-refractivity contribution in [1.29, 1.82) is 0 Å². The Kier molecular flexibility index (Phi) is 3.83. The van der Waals surface area contributed by atoms with Crippen LogP contribution in [0.4, 0.5) is 0 Å². The predicted octanol–water partition coefficient (Wildman–Crippen LogP) is 2.31. The largest absolute Gasteiger partial charge is 0.366 e. The Morgan fingerprint density at radius 2 is 2.16 bits per heavy atom. The summed E-state index contributed by atoms with van der Waals surface area (Å²) in [6.45, 7) is 8.91. The van der Waals surface area contributed by atoms with Gasteiger partial charge >= 0.3 is 0 Å². The molecule has 0 saturated heterocycles. The fourth-order valence-corrected chi connectivity index (χ4v) is 2.86. The summed E-state index contributed by atoms with van der Waals surface area (Å²) in [6.07, 6.45) is 0.637. The van der Waals surface area contributed by atoms with Crippen LogP contribution in [0.3, 0.4) is 0 Å². The maximum absolute atomic E-state index is 12.2. The van der Waals surface area contributed by atoms with E-state index < -0.39 is 6.29 Å². The third-order valence-electron chi connectivity index (χ3n) is 3.70. The van der Waals surface area contributed by atoms with Crippen LogP contribution in [0.25, 0.3) is 0 Å². The van der Waals surface area contributed by atoms with Crippen LogP contribution in [-0.2, 0) is 17.7 Å². The summed E-state index contributed by atoms with van der Waals surface area (Å²) in [6, 6.07) is 1.94. The SMILES string of the molecule is CCOC(O)Cn1c(C)cc2c1CC(C)(C)CC2=O. The molecule has 4 nitrogen and oxygen atoms in total. The standard InChI is InChI=1S/C15H23NO3/c1-5-19-14(18)9-16-10(2)6-11-12(16)7-15(3,4)8-13(11)17/h6,14,18H,5,7-9H2,1-4H3. The molecule has 0 aromatic carbocycles. The molecular weight excluding hydrogens is 242 g/mol. The van der Waals surface area contributed by atoms with Crippen molar-refractivity contribution in [3.05, 3.63) is 23.0 Å². The Morgan fingerprint density at radius 1 is 1.47 bits per heavy atom. The molecule has 1 aliphatic rings. The minimum absolute atomic E-state index is 0.0107. The highest BCUT2D eigenvalue weighted by molar-refractivity contribution is 5.99. The number of aryl methyl sites for hydroxylation is 1. The monoisotopic (exact) mass is 265 g/mol. The van der Waals surface area contributed by atoms with E-state index in [0.717, 1.165) is 23.4 Å². The molecule has 0 bridgehead atoms. The molecule has 0 spiro atoms. The van der Waals surface area contributed by atoms with Crippen molar-refractivity contribution in [2.45, 2.75) is 53.4 Å². The van der Waals surface area contributed by atoms with E-state index >= 15 is 0 Å². The van der Waals surface area contributed by atoms with Crippen LogP contribution >= 0.6 is 0 Å². The van der Waals surface area contributed by atoms with E-state index in [1.807, 2.05) is 24.5 Å². The van der Waals surface area contributed by atoms with Crippen LogP contribution in [-0.4, -0.2) is 28.4 Å². The van der Waals surface area contributed by atoms with Crippen molar-refractivity contribution in [3.63, 3.8) is 0 Å². The van der Waals surface area contributed by atoms with Gasteiger partial charge in [-0.2, -0.15) is 0 Å². The van der Waals surface area contributed by atoms with Gasteiger partial charge in [-0.25, -0.2) is 0 Å². The second-order valence-corrected chi connectivity index (χ2v) is 6.11. The predicted molar refractivity (Wildman–Crippen MR) is 73.2 cm³/mol. The first-order valence-corrected chi connectivity index (χ1v) is 6.86. The number of hydrogen-bond donors (Lipinski definition) is 1. The lowest BCUT2D eigenvalue weighted by Crippen LogP contribution is -2.30. The number of hydrogen-bond acceptors (Lipinski definition) is 3. The molecule has 1 aromatic heterocycles. The van der Waals surface area contributed by atoms with Gasteiger partial charge in [-0.1, -0.05) is 13.8 Å². The molecule has 1 aromatic rings. The number of carbonyl (C=O) groups is 1. The maximum Gasteiger partial charge on any atom is 0.172 e. The molecule has 1 atom stereocenters. The van der Waals surface area contributed by atoms with Gasteiger partial charge in [0.2, 0.25) is 0 Å². The Hall–Kier alpha value is -1.13. The van der Waals surface area contributed by atoms with Crippen molar-refractivity contribution in [2.75, 3.05) is 6.61 Å². The number of Topliss-reactive ketones (excluding diaryl/α,β-unsaturated/α-hetero) is 1. The van der Waals surface area contributed by atoms with Gasteiger partial charge in [0.25, 0.3) is 0 Å². The maximum atomic E-state index is 12.2. The first-order valence-electron chi connectivity index (χ1n) is 6.86. The smallest absolute Gasteiger partial charge is 0.172 e. The zero-order valence-electron chi connectivity index (χ0n) is 12.2. The topological polar surface area (TPSA) is 51.5 Å². The number of aliphatic hydroxyl groups is 1. The van der Waals surface area contributed by atoms with Gasteiger partial charge < -0.3 is 14.4 Å². The molecule has 19 heavy (non-hydrogen) atoms.